The second-order valence-corrected chi connectivity index (χ2v) is 26.3. The molecule has 0 bridgehead atoms. The van der Waals surface area contributed by atoms with Gasteiger partial charge in [0.15, 0.2) is 5.78 Å². The summed E-state index contributed by atoms with van der Waals surface area (Å²) in [5.41, 5.74) is 10.5. The highest BCUT2D eigenvalue weighted by atomic mass is 28.4. The van der Waals surface area contributed by atoms with Crippen molar-refractivity contribution in [2.45, 2.75) is 58.2 Å². The summed E-state index contributed by atoms with van der Waals surface area (Å²) >= 11 is 0. The van der Waals surface area contributed by atoms with Gasteiger partial charge in [0.25, 0.3) is 0 Å². The minimum atomic E-state index is -3.46. The first kappa shape index (κ1) is 46.0. The first-order chi connectivity index (χ1) is 31.3. The van der Waals surface area contributed by atoms with Gasteiger partial charge in [-0.2, -0.15) is 0 Å². The van der Waals surface area contributed by atoms with E-state index in [-0.39, 0.29) is 35.8 Å². The van der Waals surface area contributed by atoms with E-state index in [4.69, 9.17) is 23.9 Å². The number of benzene rings is 7. The van der Waals surface area contributed by atoms with Crippen LogP contribution >= 0.6 is 0 Å². The number of ether oxygens (including phenoxy) is 2. The van der Waals surface area contributed by atoms with Gasteiger partial charge in [0.05, 0.1) is 12.2 Å². The number of ketones is 1. The molecule has 7 aromatic rings. The summed E-state index contributed by atoms with van der Waals surface area (Å²) in [4.78, 5) is 32.2. The third kappa shape index (κ3) is 9.89. The van der Waals surface area contributed by atoms with Crippen LogP contribution in [-0.2, 0) is 11.3 Å². The third-order valence-corrected chi connectivity index (χ3v) is 21.4. The van der Waals surface area contributed by atoms with Crippen molar-refractivity contribution in [2.24, 2.45) is 5.11 Å². The number of nitrogens with zero attached hydrogens (tertiary/aromatic N) is 3. The second-order valence-electron chi connectivity index (χ2n) is 17.9. The van der Waals surface area contributed by atoms with Crippen molar-refractivity contribution in [3.05, 3.63) is 215 Å². The number of carbonyl (C=O) groups is 2. The molecule has 0 amide bonds. The molecule has 11 heteroatoms. The SMILES string of the molecule is CC(C)(C)[Si](Oc1cc(OC(=O)c2ccc(N=[N+]=[N-])cc2)c(C(=O)COCc2ccccc2)c(O[Si](c2ccccc2)(c2ccccc2)C(C)(C)C)c1)(c1ccccc1)c1ccccc1. The molecule has 0 fully saturated rings. The van der Waals surface area contributed by atoms with E-state index < -0.39 is 38.5 Å². The van der Waals surface area contributed by atoms with Crippen LogP contribution in [0, 0.1) is 0 Å². The van der Waals surface area contributed by atoms with Crippen molar-refractivity contribution in [3.63, 3.8) is 0 Å². The van der Waals surface area contributed by atoms with E-state index in [1.807, 2.05) is 103 Å². The molecule has 0 saturated heterocycles. The van der Waals surface area contributed by atoms with E-state index in [2.05, 4.69) is 100 Å². The molecule has 0 aromatic heterocycles. The van der Waals surface area contributed by atoms with Crippen LogP contribution in [0.15, 0.2) is 193 Å². The van der Waals surface area contributed by atoms with Crippen LogP contribution in [0.4, 0.5) is 5.69 Å². The molecule has 0 aliphatic rings. The van der Waals surface area contributed by atoms with E-state index >= 15 is 4.79 Å². The number of hydrogen-bond donors (Lipinski definition) is 0. The lowest BCUT2D eigenvalue weighted by Gasteiger charge is -2.44. The van der Waals surface area contributed by atoms with Gasteiger partial charge >= 0.3 is 22.6 Å². The van der Waals surface area contributed by atoms with Crippen molar-refractivity contribution >= 4 is 54.8 Å². The molecule has 7 aromatic carbocycles. The van der Waals surface area contributed by atoms with Crippen molar-refractivity contribution in [1.82, 2.24) is 0 Å². The largest absolute Gasteiger partial charge is 0.534 e. The molecular formula is C54H53N3O6Si2. The van der Waals surface area contributed by atoms with Crippen molar-refractivity contribution in [1.29, 1.82) is 0 Å². The summed E-state index contributed by atoms with van der Waals surface area (Å²) in [7, 11) is -6.77. The van der Waals surface area contributed by atoms with Crippen LogP contribution in [0.5, 0.6) is 17.2 Å². The molecule has 9 nitrogen and oxygen atoms in total. The Morgan fingerprint density at radius 2 is 0.969 bits per heavy atom. The van der Waals surface area contributed by atoms with Gasteiger partial charge in [-0.3, -0.25) is 4.79 Å². The van der Waals surface area contributed by atoms with Gasteiger partial charge in [-0.05, 0) is 54.1 Å². The highest BCUT2D eigenvalue weighted by Gasteiger charge is 2.54. The smallest absolute Gasteiger partial charge is 0.343 e. The Bertz CT molecular complexity index is 2680. The lowest BCUT2D eigenvalue weighted by atomic mass is 10.1. The molecule has 328 valence electrons. The number of carbonyl (C=O) groups excluding carboxylic acids is 2. The van der Waals surface area contributed by atoms with Gasteiger partial charge in [0, 0.05) is 22.7 Å². The van der Waals surface area contributed by atoms with Gasteiger partial charge < -0.3 is 18.3 Å². The van der Waals surface area contributed by atoms with Gasteiger partial charge in [-0.25, -0.2) is 4.79 Å². The molecule has 0 unspecified atom stereocenters. The van der Waals surface area contributed by atoms with Crippen LogP contribution in [0.2, 0.25) is 10.1 Å². The molecule has 0 radical (unpaired) electrons. The number of Topliss-reactive ketones (excluding diaryl/α,β-unsaturated/α-hetero) is 1. The molecule has 0 heterocycles. The van der Waals surface area contributed by atoms with Crippen molar-refractivity contribution in [3.8, 4) is 17.2 Å². The zero-order valence-electron chi connectivity index (χ0n) is 37.6. The van der Waals surface area contributed by atoms with Crippen LogP contribution in [0.3, 0.4) is 0 Å². The molecule has 0 spiro atoms. The van der Waals surface area contributed by atoms with Crippen LogP contribution in [0.1, 0.15) is 67.8 Å². The van der Waals surface area contributed by atoms with Crippen LogP contribution < -0.4 is 34.3 Å². The highest BCUT2D eigenvalue weighted by molar-refractivity contribution is 7.00. The Hall–Kier alpha value is -7.02. The minimum Gasteiger partial charge on any atom is -0.534 e. The quantitative estimate of drug-likeness (QED) is 0.0181. The molecule has 0 aliphatic heterocycles. The van der Waals surface area contributed by atoms with E-state index in [0.29, 0.717) is 11.4 Å². The maximum Gasteiger partial charge on any atom is 0.343 e. The normalized spacial score (nSPS) is 11.8. The summed E-state index contributed by atoms with van der Waals surface area (Å²) in [5.74, 6) is -0.686. The lowest BCUT2D eigenvalue weighted by Crippen LogP contribution is -2.69. The molecule has 0 saturated carbocycles. The molecule has 65 heavy (non-hydrogen) atoms. The molecule has 0 aliphatic carbocycles. The van der Waals surface area contributed by atoms with Crippen LogP contribution in [-0.4, -0.2) is 35.0 Å². The van der Waals surface area contributed by atoms with Gasteiger partial charge in [0.1, 0.15) is 29.4 Å². The predicted octanol–water partition coefficient (Wildman–Crippen LogP) is 11.1. The summed E-state index contributed by atoms with van der Waals surface area (Å²) in [6.07, 6.45) is 0. The van der Waals surface area contributed by atoms with Gasteiger partial charge in [-0.1, -0.05) is 210 Å². The summed E-state index contributed by atoms with van der Waals surface area (Å²) in [6, 6.07) is 59.9. The van der Waals surface area contributed by atoms with E-state index in [1.54, 1.807) is 12.1 Å². The fourth-order valence-electron chi connectivity index (χ4n) is 8.48. The number of hydrogen-bond acceptors (Lipinski definition) is 7. The van der Waals surface area contributed by atoms with Gasteiger partial charge in [-0.15, -0.1) is 0 Å². The van der Waals surface area contributed by atoms with Crippen molar-refractivity contribution < 1.29 is 27.9 Å². The minimum absolute atomic E-state index is 0.0416. The standard InChI is InChI=1S/C54H53N3O6Si2/c1-53(2,3)64(44-24-14-8-15-25-44,45-26-16-9-17-27-45)62-43-36-49(61-52(59)41-32-34-42(35-33-41)56-57-55)51(48(58)39-60-38-40-22-12-7-13-23-40)50(37-43)63-65(54(4,5)6,46-28-18-10-19-29-46)47-30-20-11-21-31-47/h7-37H,38-39H2,1-6H3. The van der Waals surface area contributed by atoms with Crippen LogP contribution in [0.25, 0.3) is 10.4 Å². The van der Waals surface area contributed by atoms with E-state index in [1.165, 1.54) is 24.3 Å². The average molecular weight is 896 g/mol. The monoisotopic (exact) mass is 895 g/mol. The first-order valence-electron chi connectivity index (χ1n) is 21.6. The summed E-state index contributed by atoms with van der Waals surface area (Å²) < 4.78 is 27.9. The summed E-state index contributed by atoms with van der Waals surface area (Å²) in [6.45, 7) is 12.9. The Kier molecular flexibility index (Phi) is 14.0. The second kappa shape index (κ2) is 19.8. The molecular weight excluding hydrogens is 843 g/mol. The number of azide groups is 1. The predicted molar refractivity (Wildman–Crippen MR) is 264 cm³/mol. The van der Waals surface area contributed by atoms with E-state index in [0.717, 1.165) is 26.3 Å². The Balaban J connectivity index is 1.51. The third-order valence-electron chi connectivity index (χ3n) is 11.5. The zero-order valence-corrected chi connectivity index (χ0v) is 39.6. The molecule has 7 rings (SSSR count). The van der Waals surface area contributed by atoms with Crippen molar-refractivity contribution in [2.75, 3.05) is 6.61 Å². The Labute approximate surface area is 383 Å². The van der Waals surface area contributed by atoms with Gasteiger partial charge in [0.2, 0.25) is 0 Å². The maximum absolute atomic E-state index is 15.1. The highest BCUT2D eigenvalue weighted by Crippen LogP contribution is 2.45. The fourth-order valence-corrected chi connectivity index (χ4v) is 17.3. The molecule has 0 atom stereocenters. The Morgan fingerprint density at radius 1 is 0.554 bits per heavy atom. The zero-order chi connectivity index (χ0) is 46.1. The lowest BCUT2D eigenvalue weighted by molar-refractivity contribution is 0.0701. The Morgan fingerprint density at radius 3 is 1.40 bits per heavy atom. The topological polar surface area (TPSA) is 120 Å². The molecule has 0 N–H and O–H groups in total. The fraction of sp³-hybridized carbons (Fsp3) is 0.185. The summed E-state index contributed by atoms with van der Waals surface area (Å²) in [5, 5.41) is 6.71. The van der Waals surface area contributed by atoms with E-state index in [9.17, 15) is 4.79 Å². The maximum atomic E-state index is 15.1. The number of rotatable bonds is 16. The average Bonchev–Trinajstić information content (AvgIpc) is 3.31. The first-order valence-corrected chi connectivity index (χ1v) is 25.4. The number of esters is 1.